The van der Waals surface area contributed by atoms with Crippen molar-refractivity contribution in [1.82, 2.24) is 0 Å². The van der Waals surface area contributed by atoms with Gasteiger partial charge in [0.05, 0.1) is 11.0 Å². The lowest BCUT2D eigenvalue weighted by atomic mass is 10.2. The molecule has 108 valence electrons. The highest BCUT2D eigenvalue weighted by atomic mass is 19.1. The normalized spacial score (nSPS) is 10.0. The Bertz CT molecular complexity index is 689. The summed E-state index contributed by atoms with van der Waals surface area (Å²) in [6.07, 6.45) is 0. The van der Waals surface area contributed by atoms with Crippen LogP contribution >= 0.6 is 0 Å². The maximum Gasteiger partial charge on any atom is 0.296 e. The summed E-state index contributed by atoms with van der Waals surface area (Å²) < 4.78 is 19.2. The second-order valence-corrected chi connectivity index (χ2v) is 4.15. The van der Waals surface area contributed by atoms with Crippen LogP contribution < -0.4 is 10.1 Å². The minimum Gasteiger partial charge on any atom is -0.454 e. The van der Waals surface area contributed by atoms with Gasteiger partial charge in [-0.1, -0.05) is 18.2 Å². The molecule has 0 aromatic heterocycles. The first-order valence-electron chi connectivity index (χ1n) is 5.96. The molecule has 21 heavy (non-hydrogen) atoms. The first kappa shape index (κ1) is 14.4. The van der Waals surface area contributed by atoms with E-state index in [1.165, 1.54) is 6.92 Å². The van der Waals surface area contributed by atoms with E-state index in [1.54, 1.807) is 30.3 Å². The van der Waals surface area contributed by atoms with Crippen molar-refractivity contribution in [2.75, 3.05) is 5.32 Å². The fourth-order valence-electron chi connectivity index (χ4n) is 1.68. The molecule has 0 fully saturated rings. The molecule has 2 aromatic carbocycles. The molecule has 0 bridgehead atoms. The summed E-state index contributed by atoms with van der Waals surface area (Å²) in [5.41, 5.74) is -0.664. The number of hydrogen-bond donors (Lipinski definition) is 1. The topological polar surface area (TPSA) is 81.5 Å². The molecule has 1 amide bonds. The van der Waals surface area contributed by atoms with Crippen LogP contribution in [0.5, 0.6) is 11.5 Å². The molecule has 0 saturated carbocycles. The molecule has 6 nitrogen and oxygen atoms in total. The number of hydrogen-bond acceptors (Lipinski definition) is 4. The Balaban J connectivity index is 2.41. The van der Waals surface area contributed by atoms with Gasteiger partial charge in [0.2, 0.25) is 5.91 Å². The highest BCUT2D eigenvalue weighted by molar-refractivity contribution is 5.91. The predicted octanol–water partition coefficient (Wildman–Crippen LogP) is 3.48. The summed E-state index contributed by atoms with van der Waals surface area (Å²) in [6.45, 7) is 1.18. The van der Waals surface area contributed by atoms with Crippen molar-refractivity contribution in [2.24, 2.45) is 0 Å². The number of amides is 1. The molecule has 0 saturated heterocycles. The van der Waals surface area contributed by atoms with Gasteiger partial charge in [0.25, 0.3) is 5.69 Å². The van der Waals surface area contributed by atoms with Crippen LogP contribution in [0.4, 0.5) is 15.8 Å². The number of nitrogens with one attached hydrogen (secondary N) is 1. The number of ether oxygens (including phenoxy) is 1. The highest BCUT2D eigenvalue weighted by Crippen LogP contribution is 2.34. The summed E-state index contributed by atoms with van der Waals surface area (Å²) in [5, 5.41) is 13.2. The van der Waals surface area contributed by atoms with E-state index in [2.05, 4.69) is 5.32 Å². The van der Waals surface area contributed by atoms with Gasteiger partial charge in [-0.15, -0.1) is 0 Å². The van der Waals surface area contributed by atoms with E-state index < -0.39 is 22.3 Å². The summed E-state index contributed by atoms with van der Waals surface area (Å²) in [5.74, 6) is -1.29. The molecular formula is C14H11FN2O4. The Morgan fingerprint density at radius 3 is 2.52 bits per heavy atom. The lowest BCUT2D eigenvalue weighted by molar-refractivity contribution is -0.384. The molecule has 0 atom stereocenters. The number of nitro groups is 1. The van der Waals surface area contributed by atoms with Gasteiger partial charge in [-0.2, -0.15) is 0 Å². The lowest BCUT2D eigenvalue weighted by Gasteiger charge is -2.09. The molecule has 2 aromatic rings. The molecule has 0 aliphatic heterocycles. The number of anilines is 1. The van der Waals surface area contributed by atoms with Crippen LogP contribution in [0.3, 0.4) is 0 Å². The van der Waals surface area contributed by atoms with Gasteiger partial charge >= 0.3 is 0 Å². The van der Waals surface area contributed by atoms with Crippen molar-refractivity contribution in [1.29, 1.82) is 0 Å². The van der Waals surface area contributed by atoms with Gasteiger partial charge in [0.15, 0.2) is 11.6 Å². The fraction of sp³-hybridized carbons (Fsp3) is 0.0714. The van der Waals surface area contributed by atoms with Crippen LogP contribution in [-0.4, -0.2) is 10.8 Å². The van der Waals surface area contributed by atoms with E-state index in [0.717, 1.165) is 12.1 Å². The number of halogens is 1. The van der Waals surface area contributed by atoms with Crippen LogP contribution in [0.1, 0.15) is 6.92 Å². The Morgan fingerprint density at radius 1 is 1.29 bits per heavy atom. The van der Waals surface area contributed by atoms with Crippen molar-refractivity contribution < 1.29 is 18.8 Å². The Kier molecular flexibility index (Phi) is 4.13. The van der Waals surface area contributed by atoms with E-state index >= 15 is 0 Å². The summed E-state index contributed by atoms with van der Waals surface area (Å²) in [4.78, 5) is 21.3. The first-order chi connectivity index (χ1) is 9.97. The predicted molar refractivity (Wildman–Crippen MR) is 73.9 cm³/mol. The zero-order valence-corrected chi connectivity index (χ0v) is 11.0. The molecule has 2 rings (SSSR count). The Labute approximate surface area is 119 Å². The van der Waals surface area contributed by atoms with Crippen LogP contribution in [0.25, 0.3) is 0 Å². The number of para-hydroxylation sites is 1. The summed E-state index contributed by atoms with van der Waals surface area (Å²) >= 11 is 0. The minimum atomic E-state index is -0.812. The monoisotopic (exact) mass is 290 g/mol. The van der Waals surface area contributed by atoms with Crippen LogP contribution in [0.15, 0.2) is 42.5 Å². The van der Waals surface area contributed by atoms with Crippen molar-refractivity contribution in [3.8, 4) is 11.5 Å². The molecule has 0 aliphatic carbocycles. The number of rotatable bonds is 4. The molecule has 0 heterocycles. The summed E-state index contributed by atoms with van der Waals surface area (Å²) in [7, 11) is 0. The zero-order valence-electron chi connectivity index (χ0n) is 11.0. The third kappa shape index (κ3) is 3.53. The number of nitro benzene ring substituents is 1. The quantitative estimate of drug-likeness (QED) is 0.690. The van der Waals surface area contributed by atoms with Gasteiger partial charge in [-0.05, 0) is 12.1 Å². The number of benzene rings is 2. The fourth-order valence-corrected chi connectivity index (χ4v) is 1.68. The Morgan fingerprint density at radius 2 is 1.95 bits per heavy atom. The smallest absolute Gasteiger partial charge is 0.296 e. The summed E-state index contributed by atoms with van der Waals surface area (Å²) in [6, 6.07) is 10.1. The average molecular weight is 290 g/mol. The van der Waals surface area contributed by atoms with Crippen molar-refractivity contribution in [3.05, 3.63) is 58.4 Å². The van der Waals surface area contributed by atoms with E-state index in [9.17, 15) is 19.3 Å². The second kappa shape index (κ2) is 6.00. The number of carbonyl (C=O) groups excluding carboxylic acids is 1. The van der Waals surface area contributed by atoms with E-state index in [0.29, 0.717) is 5.75 Å². The van der Waals surface area contributed by atoms with E-state index in [4.69, 9.17) is 4.74 Å². The van der Waals surface area contributed by atoms with Crippen molar-refractivity contribution in [2.45, 2.75) is 6.92 Å². The molecular weight excluding hydrogens is 279 g/mol. The number of nitrogens with zero attached hydrogens (tertiary/aromatic N) is 1. The second-order valence-electron chi connectivity index (χ2n) is 4.15. The van der Waals surface area contributed by atoms with Crippen molar-refractivity contribution in [3.63, 3.8) is 0 Å². The average Bonchev–Trinajstić information content (AvgIpc) is 2.42. The van der Waals surface area contributed by atoms with E-state index in [1.807, 2.05) is 0 Å². The van der Waals surface area contributed by atoms with Gasteiger partial charge in [0, 0.05) is 13.0 Å². The van der Waals surface area contributed by atoms with Gasteiger partial charge in [-0.3, -0.25) is 14.9 Å². The molecule has 0 radical (unpaired) electrons. The Hall–Kier alpha value is -2.96. The van der Waals surface area contributed by atoms with Gasteiger partial charge in [-0.25, -0.2) is 4.39 Å². The SMILES string of the molecule is CC(=O)Nc1cc(F)c(Oc2ccccc2)cc1[N+](=O)[O-]. The maximum absolute atomic E-state index is 13.9. The maximum atomic E-state index is 13.9. The van der Waals surface area contributed by atoms with Crippen LogP contribution in [0, 0.1) is 15.9 Å². The molecule has 1 N–H and O–H groups in total. The molecule has 0 spiro atoms. The highest BCUT2D eigenvalue weighted by Gasteiger charge is 2.20. The molecule has 0 aliphatic rings. The first-order valence-corrected chi connectivity index (χ1v) is 5.96. The third-order valence-electron chi connectivity index (χ3n) is 2.53. The van der Waals surface area contributed by atoms with Crippen LogP contribution in [0.2, 0.25) is 0 Å². The van der Waals surface area contributed by atoms with E-state index in [-0.39, 0.29) is 11.4 Å². The lowest BCUT2D eigenvalue weighted by Crippen LogP contribution is -2.08. The zero-order chi connectivity index (χ0) is 15.4. The molecule has 0 unspecified atom stereocenters. The standard InChI is InChI=1S/C14H11FN2O4/c1-9(18)16-12-7-11(15)14(8-13(12)17(19)20)21-10-5-3-2-4-6-10/h2-8H,1H3,(H,16,18). The molecule has 7 heteroatoms. The van der Waals surface area contributed by atoms with Gasteiger partial charge in [0.1, 0.15) is 11.4 Å². The van der Waals surface area contributed by atoms with Gasteiger partial charge < -0.3 is 10.1 Å². The third-order valence-corrected chi connectivity index (χ3v) is 2.53. The minimum absolute atomic E-state index is 0.217. The largest absolute Gasteiger partial charge is 0.454 e. The van der Waals surface area contributed by atoms with Crippen LogP contribution in [-0.2, 0) is 4.79 Å². The van der Waals surface area contributed by atoms with Crippen molar-refractivity contribution >= 4 is 17.3 Å². The number of carbonyl (C=O) groups is 1.